The Balaban J connectivity index is 1.44. The molecule has 0 radical (unpaired) electrons. The number of esters is 1. The van der Waals surface area contributed by atoms with E-state index in [0.717, 1.165) is 38.8 Å². The van der Waals surface area contributed by atoms with Gasteiger partial charge in [0.15, 0.2) is 0 Å². The highest BCUT2D eigenvalue weighted by Gasteiger charge is 2.44. The van der Waals surface area contributed by atoms with Crippen LogP contribution < -0.4 is 4.90 Å². The zero-order chi connectivity index (χ0) is 22.0. The summed E-state index contributed by atoms with van der Waals surface area (Å²) in [5.74, 6) is -0.874. The molecule has 0 N–H and O–H groups in total. The lowest BCUT2D eigenvalue weighted by atomic mass is 9.95. The van der Waals surface area contributed by atoms with Gasteiger partial charge in [-0.25, -0.2) is 9.69 Å². The van der Waals surface area contributed by atoms with E-state index in [1.165, 1.54) is 4.90 Å². The normalized spacial score (nSPS) is 24.7. The maximum atomic E-state index is 13.1. The van der Waals surface area contributed by atoms with Crippen molar-refractivity contribution in [1.29, 1.82) is 0 Å². The second-order valence-corrected chi connectivity index (χ2v) is 8.42. The smallest absolute Gasteiger partial charge is 0.338 e. The van der Waals surface area contributed by atoms with Crippen molar-refractivity contribution in [2.24, 2.45) is 5.92 Å². The SMILES string of the molecule is CCOC(=O)c1ccc(N2C(=O)C[C@@H](N3CCC[C@H](C(=O)N4CCCC4)C3)C2=O)cc1. The second-order valence-electron chi connectivity index (χ2n) is 8.42. The van der Waals surface area contributed by atoms with Gasteiger partial charge < -0.3 is 9.64 Å². The maximum Gasteiger partial charge on any atom is 0.338 e. The lowest BCUT2D eigenvalue weighted by Gasteiger charge is -2.36. The van der Waals surface area contributed by atoms with Crippen molar-refractivity contribution in [2.75, 3.05) is 37.7 Å². The molecule has 0 spiro atoms. The summed E-state index contributed by atoms with van der Waals surface area (Å²) < 4.78 is 4.97. The highest BCUT2D eigenvalue weighted by atomic mass is 16.5. The first-order valence-corrected chi connectivity index (χ1v) is 11.2. The average molecular weight is 428 g/mol. The van der Waals surface area contributed by atoms with E-state index >= 15 is 0 Å². The lowest BCUT2D eigenvalue weighted by Crippen LogP contribution is -2.50. The summed E-state index contributed by atoms with van der Waals surface area (Å²) >= 11 is 0. The molecule has 0 bridgehead atoms. The third kappa shape index (κ3) is 4.35. The Morgan fingerprint density at radius 1 is 1.03 bits per heavy atom. The molecule has 0 aromatic heterocycles. The van der Waals surface area contributed by atoms with Crippen LogP contribution in [0.25, 0.3) is 0 Å². The summed E-state index contributed by atoms with van der Waals surface area (Å²) in [4.78, 5) is 55.7. The quantitative estimate of drug-likeness (QED) is 0.526. The Kier molecular flexibility index (Phi) is 6.36. The largest absolute Gasteiger partial charge is 0.462 e. The monoisotopic (exact) mass is 427 g/mol. The van der Waals surface area contributed by atoms with E-state index in [9.17, 15) is 19.2 Å². The fourth-order valence-electron chi connectivity index (χ4n) is 4.82. The van der Waals surface area contributed by atoms with Crippen molar-refractivity contribution < 1.29 is 23.9 Å². The molecular formula is C23H29N3O5. The standard InChI is InChI=1S/C23H29N3O5/c1-2-31-23(30)16-7-9-18(10-8-16)26-20(27)14-19(22(26)29)25-13-5-6-17(15-25)21(28)24-11-3-4-12-24/h7-10,17,19H,2-6,11-15H2,1H3/t17-,19+/m0/s1. The van der Waals surface area contributed by atoms with Crippen LogP contribution in [0.3, 0.4) is 0 Å². The van der Waals surface area contributed by atoms with Crippen molar-refractivity contribution in [3.05, 3.63) is 29.8 Å². The minimum Gasteiger partial charge on any atom is -0.462 e. The lowest BCUT2D eigenvalue weighted by molar-refractivity contribution is -0.137. The average Bonchev–Trinajstić information content (AvgIpc) is 3.42. The van der Waals surface area contributed by atoms with Gasteiger partial charge in [0.05, 0.1) is 36.2 Å². The predicted octanol–water partition coefficient (Wildman–Crippen LogP) is 1.83. The molecule has 8 heteroatoms. The van der Waals surface area contributed by atoms with E-state index in [-0.39, 0.29) is 36.7 Å². The van der Waals surface area contributed by atoms with E-state index in [1.54, 1.807) is 31.2 Å². The van der Waals surface area contributed by atoms with Gasteiger partial charge >= 0.3 is 5.97 Å². The van der Waals surface area contributed by atoms with Crippen molar-refractivity contribution in [1.82, 2.24) is 9.80 Å². The van der Waals surface area contributed by atoms with Gasteiger partial charge in [-0.05, 0) is 63.4 Å². The second kappa shape index (κ2) is 9.18. The number of carbonyl (C=O) groups excluding carboxylic acids is 4. The van der Waals surface area contributed by atoms with Crippen LogP contribution in [0.15, 0.2) is 24.3 Å². The number of ether oxygens (including phenoxy) is 1. The van der Waals surface area contributed by atoms with Gasteiger partial charge in [-0.1, -0.05) is 0 Å². The van der Waals surface area contributed by atoms with Crippen LogP contribution >= 0.6 is 0 Å². The van der Waals surface area contributed by atoms with Crippen LogP contribution in [0, 0.1) is 5.92 Å². The van der Waals surface area contributed by atoms with Gasteiger partial charge in [0.25, 0.3) is 5.91 Å². The minimum atomic E-state index is -0.536. The molecule has 1 aromatic carbocycles. The fourth-order valence-corrected chi connectivity index (χ4v) is 4.82. The van der Waals surface area contributed by atoms with E-state index in [1.807, 2.05) is 9.80 Å². The van der Waals surface area contributed by atoms with Crippen molar-refractivity contribution in [2.45, 2.75) is 45.1 Å². The summed E-state index contributed by atoms with van der Waals surface area (Å²) in [6.45, 7) is 4.90. The van der Waals surface area contributed by atoms with Crippen LogP contribution in [0.5, 0.6) is 0 Å². The maximum absolute atomic E-state index is 13.1. The van der Waals surface area contributed by atoms with Gasteiger partial charge in [-0.3, -0.25) is 19.3 Å². The summed E-state index contributed by atoms with van der Waals surface area (Å²) in [7, 11) is 0. The Morgan fingerprint density at radius 2 is 1.74 bits per heavy atom. The Labute approximate surface area is 182 Å². The fraction of sp³-hybridized carbons (Fsp3) is 0.565. The third-order valence-electron chi connectivity index (χ3n) is 6.42. The van der Waals surface area contributed by atoms with Gasteiger partial charge in [-0.2, -0.15) is 0 Å². The van der Waals surface area contributed by atoms with Crippen molar-refractivity contribution >= 4 is 29.4 Å². The first-order valence-electron chi connectivity index (χ1n) is 11.2. The first kappa shape index (κ1) is 21.5. The van der Waals surface area contributed by atoms with Gasteiger partial charge in [0.1, 0.15) is 0 Å². The number of hydrogen-bond donors (Lipinski definition) is 0. The number of anilines is 1. The van der Waals surface area contributed by atoms with Crippen molar-refractivity contribution in [3.8, 4) is 0 Å². The Bertz CT molecular complexity index is 862. The molecule has 3 saturated heterocycles. The molecule has 3 fully saturated rings. The van der Waals surface area contributed by atoms with Crippen LogP contribution in [-0.2, 0) is 19.1 Å². The molecule has 3 aliphatic heterocycles. The van der Waals surface area contributed by atoms with Crippen molar-refractivity contribution in [3.63, 3.8) is 0 Å². The predicted molar refractivity (Wildman–Crippen MR) is 113 cm³/mol. The van der Waals surface area contributed by atoms with E-state index < -0.39 is 12.0 Å². The minimum absolute atomic E-state index is 0.104. The van der Waals surface area contributed by atoms with Gasteiger partial charge in [0.2, 0.25) is 11.8 Å². The number of amides is 3. The number of imide groups is 1. The third-order valence-corrected chi connectivity index (χ3v) is 6.42. The molecule has 0 aliphatic carbocycles. The molecule has 31 heavy (non-hydrogen) atoms. The van der Waals surface area contributed by atoms with E-state index in [0.29, 0.717) is 24.3 Å². The number of nitrogens with zero attached hydrogens (tertiary/aromatic N) is 3. The highest BCUT2D eigenvalue weighted by Crippen LogP contribution is 2.30. The number of hydrogen-bond acceptors (Lipinski definition) is 6. The molecule has 1 aromatic rings. The van der Waals surface area contributed by atoms with Gasteiger partial charge in [0, 0.05) is 19.6 Å². The van der Waals surface area contributed by atoms with Crippen LogP contribution in [0.1, 0.15) is 49.4 Å². The molecule has 0 unspecified atom stereocenters. The number of likely N-dealkylation sites (tertiary alicyclic amines) is 2. The zero-order valence-electron chi connectivity index (χ0n) is 17.9. The molecule has 3 heterocycles. The number of piperidine rings is 1. The van der Waals surface area contributed by atoms with Crippen LogP contribution in [-0.4, -0.2) is 72.3 Å². The molecule has 3 aliphatic rings. The zero-order valence-corrected chi connectivity index (χ0v) is 17.9. The molecule has 0 saturated carbocycles. The first-order chi connectivity index (χ1) is 15.0. The van der Waals surface area contributed by atoms with Crippen LogP contribution in [0.2, 0.25) is 0 Å². The summed E-state index contributed by atoms with van der Waals surface area (Å²) in [5, 5.41) is 0. The van der Waals surface area contributed by atoms with Crippen LogP contribution in [0.4, 0.5) is 5.69 Å². The molecular weight excluding hydrogens is 398 g/mol. The molecule has 2 atom stereocenters. The van der Waals surface area contributed by atoms with E-state index in [4.69, 9.17) is 4.74 Å². The molecule has 4 rings (SSSR count). The number of rotatable bonds is 5. The summed E-state index contributed by atoms with van der Waals surface area (Å²) in [6, 6.07) is 5.78. The van der Waals surface area contributed by atoms with Gasteiger partial charge in [-0.15, -0.1) is 0 Å². The summed E-state index contributed by atoms with van der Waals surface area (Å²) in [5.41, 5.74) is 0.827. The highest BCUT2D eigenvalue weighted by molar-refractivity contribution is 6.22. The Hall–Kier alpha value is -2.74. The number of benzene rings is 1. The summed E-state index contributed by atoms with van der Waals surface area (Å²) in [6.07, 6.45) is 3.91. The molecule has 8 nitrogen and oxygen atoms in total. The molecule has 166 valence electrons. The van der Waals surface area contributed by atoms with E-state index in [2.05, 4.69) is 0 Å². The topological polar surface area (TPSA) is 87.2 Å². The number of carbonyl (C=O) groups is 4. The Morgan fingerprint density at radius 3 is 2.42 bits per heavy atom. The molecule has 3 amide bonds.